The van der Waals surface area contributed by atoms with Crippen molar-refractivity contribution in [1.82, 2.24) is 15.1 Å². The van der Waals surface area contributed by atoms with E-state index in [4.69, 9.17) is 4.74 Å². The molecular formula is C20H28N4O2S. The molecule has 1 saturated carbocycles. The van der Waals surface area contributed by atoms with E-state index in [2.05, 4.69) is 28.7 Å². The molecule has 146 valence electrons. The number of aromatic nitrogens is 2. The third kappa shape index (κ3) is 4.42. The summed E-state index contributed by atoms with van der Waals surface area (Å²) in [6.07, 6.45) is 7.06. The molecule has 2 atom stereocenters. The van der Waals surface area contributed by atoms with Crippen molar-refractivity contribution in [2.75, 3.05) is 25.1 Å². The summed E-state index contributed by atoms with van der Waals surface area (Å²) in [5.41, 5.74) is 2.08. The minimum Gasteiger partial charge on any atom is -0.381 e. The van der Waals surface area contributed by atoms with Crippen molar-refractivity contribution in [2.24, 2.45) is 5.92 Å². The quantitative estimate of drug-likeness (QED) is 0.763. The molecule has 2 N–H and O–H groups in total. The highest BCUT2D eigenvalue weighted by Gasteiger charge is 2.40. The number of rotatable bonds is 7. The van der Waals surface area contributed by atoms with E-state index in [1.165, 1.54) is 29.7 Å². The first-order chi connectivity index (χ1) is 13.1. The monoisotopic (exact) mass is 388 g/mol. The SMILES string of the molecule is CCn1cc(NC(=O)c2cc(C3CC3NCC3CCOCC3)c(C)s2)cn1. The molecule has 6 nitrogen and oxygen atoms in total. The molecule has 1 amide bonds. The Kier molecular flexibility index (Phi) is 5.61. The van der Waals surface area contributed by atoms with Crippen molar-refractivity contribution in [3.8, 4) is 0 Å². The van der Waals surface area contributed by atoms with Crippen LogP contribution in [0.1, 0.15) is 52.2 Å². The fourth-order valence-electron chi connectivity index (χ4n) is 3.80. The Balaban J connectivity index is 1.32. The zero-order valence-electron chi connectivity index (χ0n) is 16.0. The van der Waals surface area contributed by atoms with Gasteiger partial charge < -0.3 is 15.4 Å². The highest BCUT2D eigenvalue weighted by Crippen LogP contribution is 2.44. The summed E-state index contributed by atoms with van der Waals surface area (Å²) in [6, 6.07) is 2.64. The number of thiophene rings is 1. The molecule has 2 aromatic rings. The van der Waals surface area contributed by atoms with E-state index in [-0.39, 0.29) is 5.91 Å². The smallest absolute Gasteiger partial charge is 0.265 e. The summed E-state index contributed by atoms with van der Waals surface area (Å²) in [5.74, 6) is 1.25. The molecule has 1 aliphatic carbocycles. The van der Waals surface area contributed by atoms with Crippen LogP contribution >= 0.6 is 11.3 Å². The second-order valence-electron chi connectivity index (χ2n) is 7.57. The van der Waals surface area contributed by atoms with E-state index in [0.717, 1.165) is 42.8 Å². The first kappa shape index (κ1) is 18.7. The van der Waals surface area contributed by atoms with Gasteiger partial charge in [-0.2, -0.15) is 5.10 Å². The van der Waals surface area contributed by atoms with Crippen molar-refractivity contribution in [3.05, 3.63) is 33.8 Å². The van der Waals surface area contributed by atoms with Crippen LogP contribution in [0.15, 0.2) is 18.5 Å². The normalized spacial score (nSPS) is 22.7. The minimum atomic E-state index is -0.0441. The van der Waals surface area contributed by atoms with Gasteiger partial charge in [-0.05, 0) is 57.2 Å². The zero-order valence-corrected chi connectivity index (χ0v) is 16.8. The fourth-order valence-corrected chi connectivity index (χ4v) is 4.79. The predicted molar refractivity (Wildman–Crippen MR) is 108 cm³/mol. The Bertz CT molecular complexity index is 794. The van der Waals surface area contributed by atoms with E-state index in [9.17, 15) is 4.79 Å². The molecule has 1 saturated heterocycles. The first-order valence-corrected chi connectivity index (χ1v) is 10.7. The van der Waals surface area contributed by atoms with Crippen LogP contribution < -0.4 is 10.6 Å². The van der Waals surface area contributed by atoms with Crippen molar-refractivity contribution < 1.29 is 9.53 Å². The predicted octanol–water partition coefficient (Wildman–Crippen LogP) is 3.40. The Morgan fingerprint density at radius 2 is 2.22 bits per heavy atom. The molecule has 27 heavy (non-hydrogen) atoms. The Labute approximate surface area is 164 Å². The summed E-state index contributed by atoms with van der Waals surface area (Å²) in [5, 5.41) is 10.9. The van der Waals surface area contributed by atoms with Gasteiger partial charge in [-0.3, -0.25) is 9.48 Å². The number of aryl methyl sites for hydroxylation is 2. The van der Waals surface area contributed by atoms with Crippen molar-refractivity contribution in [2.45, 2.75) is 51.6 Å². The molecule has 4 rings (SSSR count). The van der Waals surface area contributed by atoms with Gasteiger partial charge >= 0.3 is 0 Å². The average Bonchev–Trinajstić information content (AvgIpc) is 3.11. The number of nitrogens with one attached hydrogen (secondary N) is 2. The molecule has 0 bridgehead atoms. The number of nitrogens with zero attached hydrogens (tertiary/aromatic N) is 2. The highest BCUT2D eigenvalue weighted by molar-refractivity contribution is 7.14. The van der Waals surface area contributed by atoms with Crippen LogP contribution in [-0.2, 0) is 11.3 Å². The van der Waals surface area contributed by atoms with Gasteiger partial charge in [0.1, 0.15) is 0 Å². The highest BCUT2D eigenvalue weighted by atomic mass is 32.1. The Morgan fingerprint density at radius 3 is 2.96 bits per heavy atom. The maximum Gasteiger partial charge on any atom is 0.265 e. The first-order valence-electron chi connectivity index (χ1n) is 9.89. The lowest BCUT2D eigenvalue weighted by atomic mass is 10.0. The molecule has 1 aliphatic heterocycles. The third-order valence-electron chi connectivity index (χ3n) is 5.59. The van der Waals surface area contributed by atoms with E-state index in [0.29, 0.717) is 12.0 Å². The molecule has 2 unspecified atom stereocenters. The summed E-state index contributed by atoms with van der Waals surface area (Å²) in [4.78, 5) is 14.6. The number of hydrogen-bond acceptors (Lipinski definition) is 5. The lowest BCUT2D eigenvalue weighted by Gasteiger charge is -2.22. The second kappa shape index (κ2) is 8.12. The number of carbonyl (C=O) groups excluding carboxylic acids is 1. The van der Waals surface area contributed by atoms with Crippen LogP contribution in [-0.4, -0.2) is 41.5 Å². The summed E-state index contributed by atoms with van der Waals surface area (Å²) in [6.45, 7) is 7.83. The molecule has 0 spiro atoms. The van der Waals surface area contributed by atoms with Crippen LogP contribution in [0.25, 0.3) is 0 Å². The fraction of sp³-hybridized carbons (Fsp3) is 0.600. The van der Waals surface area contributed by atoms with Crippen molar-refractivity contribution in [1.29, 1.82) is 0 Å². The maximum atomic E-state index is 12.6. The van der Waals surface area contributed by atoms with Gasteiger partial charge in [-0.1, -0.05) is 0 Å². The molecule has 2 aromatic heterocycles. The van der Waals surface area contributed by atoms with Gasteiger partial charge in [0, 0.05) is 42.8 Å². The summed E-state index contributed by atoms with van der Waals surface area (Å²) >= 11 is 1.59. The van der Waals surface area contributed by atoms with Crippen LogP contribution in [0.5, 0.6) is 0 Å². The van der Waals surface area contributed by atoms with Gasteiger partial charge in [-0.25, -0.2) is 0 Å². The van der Waals surface area contributed by atoms with Crippen LogP contribution in [0.4, 0.5) is 5.69 Å². The minimum absolute atomic E-state index is 0.0441. The van der Waals surface area contributed by atoms with Crippen molar-refractivity contribution in [3.63, 3.8) is 0 Å². The third-order valence-corrected chi connectivity index (χ3v) is 6.66. The number of amides is 1. The van der Waals surface area contributed by atoms with Crippen LogP contribution in [0.3, 0.4) is 0 Å². The second-order valence-corrected chi connectivity index (χ2v) is 8.83. The molecule has 3 heterocycles. The number of anilines is 1. The van der Waals surface area contributed by atoms with Crippen LogP contribution in [0, 0.1) is 12.8 Å². The number of carbonyl (C=O) groups is 1. The molecule has 0 aromatic carbocycles. The van der Waals surface area contributed by atoms with Crippen LogP contribution in [0.2, 0.25) is 0 Å². The van der Waals surface area contributed by atoms with E-state index >= 15 is 0 Å². The standard InChI is InChI=1S/C20H28N4O2S/c1-3-24-12-15(11-22-24)23-20(25)19-9-16(13(2)27-19)17-8-18(17)21-10-14-4-6-26-7-5-14/h9,11-12,14,17-18,21H,3-8,10H2,1-2H3,(H,23,25). The number of ether oxygens (including phenoxy) is 1. The van der Waals surface area contributed by atoms with Gasteiger partial charge in [0.15, 0.2) is 0 Å². The average molecular weight is 389 g/mol. The zero-order chi connectivity index (χ0) is 18.8. The summed E-state index contributed by atoms with van der Waals surface area (Å²) in [7, 11) is 0. The molecule has 7 heteroatoms. The molecular weight excluding hydrogens is 360 g/mol. The Hall–Kier alpha value is -1.70. The lowest BCUT2D eigenvalue weighted by Crippen LogP contribution is -2.29. The lowest BCUT2D eigenvalue weighted by molar-refractivity contribution is 0.0662. The van der Waals surface area contributed by atoms with Gasteiger partial charge in [0.05, 0.1) is 16.8 Å². The van der Waals surface area contributed by atoms with E-state index in [1.807, 2.05) is 13.1 Å². The molecule has 0 radical (unpaired) electrons. The number of hydrogen-bond donors (Lipinski definition) is 2. The van der Waals surface area contributed by atoms with Crippen molar-refractivity contribution >= 4 is 22.9 Å². The molecule has 2 fully saturated rings. The summed E-state index contributed by atoms with van der Waals surface area (Å²) < 4.78 is 7.24. The van der Waals surface area contributed by atoms with Gasteiger partial charge in [0.25, 0.3) is 5.91 Å². The maximum absolute atomic E-state index is 12.6. The Morgan fingerprint density at radius 1 is 1.41 bits per heavy atom. The van der Waals surface area contributed by atoms with E-state index in [1.54, 1.807) is 22.2 Å². The molecule has 2 aliphatic rings. The van der Waals surface area contributed by atoms with Gasteiger partial charge in [0.2, 0.25) is 0 Å². The van der Waals surface area contributed by atoms with Gasteiger partial charge in [-0.15, -0.1) is 11.3 Å². The topological polar surface area (TPSA) is 68.2 Å². The largest absolute Gasteiger partial charge is 0.381 e. The van der Waals surface area contributed by atoms with E-state index < -0.39 is 0 Å².